The van der Waals surface area contributed by atoms with E-state index in [1.807, 2.05) is 0 Å². The summed E-state index contributed by atoms with van der Waals surface area (Å²) < 4.78 is 0. The van der Waals surface area contributed by atoms with Crippen LogP contribution in [0.3, 0.4) is 0 Å². The zero-order chi connectivity index (χ0) is 24.1. The van der Waals surface area contributed by atoms with Crippen LogP contribution in [0.2, 0.25) is 0 Å². The van der Waals surface area contributed by atoms with E-state index in [1.165, 1.54) is 60.8 Å². The molecule has 7 rings (SSSR count). The van der Waals surface area contributed by atoms with Crippen LogP contribution in [0.25, 0.3) is 33.0 Å². The Morgan fingerprint density at radius 2 is 1.08 bits per heavy atom. The third kappa shape index (κ3) is 2.88. The number of aryl methyl sites for hydroxylation is 1. The average Bonchev–Trinajstić information content (AvgIpc) is 3.25. The Balaban J connectivity index is 1.61. The van der Waals surface area contributed by atoms with Crippen LogP contribution in [0.4, 0.5) is 0 Å². The molecule has 0 aliphatic heterocycles. The molecule has 0 heteroatoms. The molecule has 0 nitrogen and oxygen atoms in total. The fourth-order valence-corrected chi connectivity index (χ4v) is 6.40. The number of fused-ring (bicyclic) bond motifs is 4. The number of hydrogen-bond acceptors (Lipinski definition) is 0. The minimum absolute atomic E-state index is 0.376. The Morgan fingerprint density at radius 3 is 1.83 bits per heavy atom. The molecule has 36 heavy (non-hydrogen) atoms. The molecule has 6 aromatic carbocycles. The minimum atomic E-state index is -0.376. The van der Waals surface area contributed by atoms with Crippen molar-refractivity contribution < 1.29 is 0 Å². The van der Waals surface area contributed by atoms with Crippen LogP contribution in [0, 0.1) is 6.92 Å². The second-order valence-electron chi connectivity index (χ2n) is 9.77. The first kappa shape index (κ1) is 20.9. The Bertz CT molecular complexity index is 1680. The van der Waals surface area contributed by atoms with Crippen molar-refractivity contribution in [2.75, 3.05) is 0 Å². The molecule has 0 atom stereocenters. The van der Waals surface area contributed by atoms with Crippen LogP contribution in [0.15, 0.2) is 140 Å². The normalized spacial score (nSPS) is 13.4. The van der Waals surface area contributed by atoms with E-state index in [0.29, 0.717) is 0 Å². The molecular weight excluding hydrogens is 432 g/mol. The Kier molecular flexibility index (Phi) is 4.69. The molecule has 0 heterocycles. The third-order valence-electron chi connectivity index (χ3n) is 7.88. The lowest BCUT2D eigenvalue weighted by Gasteiger charge is -2.35. The molecule has 170 valence electrons. The largest absolute Gasteiger partial charge is 0.0716 e. The van der Waals surface area contributed by atoms with E-state index in [1.54, 1.807) is 0 Å². The maximum atomic E-state index is 2.45. The predicted molar refractivity (Wildman–Crippen MR) is 151 cm³/mol. The van der Waals surface area contributed by atoms with Crippen molar-refractivity contribution in [1.29, 1.82) is 0 Å². The zero-order valence-corrected chi connectivity index (χ0v) is 20.3. The minimum Gasteiger partial charge on any atom is -0.0622 e. The van der Waals surface area contributed by atoms with E-state index in [2.05, 4.69) is 146 Å². The van der Waals surface area contributed by atoms with Gasteiger partial charge in [-0.15, -0.1) is 0 Å². The standard InChI is InChI=1S/C36H26/c1-25-12-10-21-33-32-23-22-27(31-20-11-14-26-13-8-9-19-30(26)31)24-34(32)36(35(25)33,28-15-4-2-5-16-28)29-17-6-3-7-18-29/h2-24H,1H3. The lowest BCUT2D eigenvalue weighted by Crippen LogP contribution is -2.29. The quantitative estimate of drug-likeness (QED) is 0.248. The smallest absolute Gasteiger partial charge is 0.0622 e. The van der Waals surface area contributed by atoms with Gasteiger partial charge in [0.25, 0.3) is 0 Å². The first-order chi connectivity index (χ1) is 17.8. The highest BCUT2D eigenvalue weighted by molar-refractivity contribution is 5.98. The second kappa shape index (κ2) is 8.07. The summed E-state index contributed by atoms with van der Waals surface area (Å²) in [6.07, 6.45) is 0. The Morgan fingerprint density at radius 1 is 0.472 bits per heavy atom. The summed E-state index contributed by atoms with van der Waals surface area (Å²) in [5.41, 5.74) is 11.5. The molecule has 1 aliphatic rings. The molecule has 0 unspecified atom stereocenters. The number of rotatable bonds is 3. The highest BCUT2D eigenvalue weighted by Gasteiger charge is 2.47. The van der Waals surface area contributed by atoms with Gasteiger partial charge in [0, 0.05) is 0 Å². The van der Waals surface area contributed by atoms with Crippen molar-refractivity contribution in [2.24, 2.45) is 0 Å². The van der Waals surface area contributed by atoms with Gasteiger partial charge >= 0.3 is 0 Å². The van der Waals surface area contributed by atoms with Gasteiger partial charge in [-0.25, -0.2) is 0 Å². The van der Waals surface area contributed by atoms with Crippen molar-refractivity contribution in [3.8, 4) is 22.3 Å². The first-order valence-corrected chi connectivity index (χ1v) is 12.6. The van der Waals surface area contributed by atoms with E-state index < -0.39 is 0 Å². The van der Waals surface area contributed by atoms with Crippen LogP contribution in [-0.4, -0.2) is 0 Å². The van der Waals surface area contributed by atoms with Crippen molar-refractivity contribution in [3.05, 3.63) is 167 Å². The van der Waals surface area contributed by atoms with Gasteiger partial charge in [0.05, 0.1) is 5.41 Å². The van der Waals surface area contributed by atoms with Gasteiger partial charge in [-0.2, -0.15) is 0 Å². The van der Waals surface area contributed by atoms with Crippen LogP contribution in [0.5, 0.6) is 0 Å². The van der Waals surface area contributed by atoms with Crippen molar-refractivity contribution in [2.45, 2.75) is 12.3 Å². The number of hydrogen-bond donors (Lipinski definition) is 0. The van der Waals surface area contributed by atoms with Crippen LogP contribution in [0.1, 0.15) is 27.8 Å². The highest BCUT2D eigenvalue weighted by Crippen LogP contribution is 2.57. The van der Waals surface area contributed by atoms with Gasteiger partial charge in [0.15, 0.2) is 0 Å². The van der Waals surface area contributed by atoms with Crippen molar-refractivity contribution >= 4 is 10.8 Å². The van der Waals surface area contributed by atoms with Crippen LogP contribution in [-0.2, 0) is 5.41 Å². The molecule has 0 saturated carbocycles. The van der Waals surface area contributed by atoms with E-state index >= 15 is 0 Å². The van der Waals surface area contributed by atoms with Gasteiger partial charge in [-0.3, -0.25) is 0 Å². The van der Waals surface area contributed by atoms with Crippen LogP contribution >= 0.6 is 0 Å². The van der Waals surface area contributed by atoms with Gasteiger partial charge < -0.3 is 0 Å². The summed E-state index contributed by atoms with van der Waals surface area (Å²) in [6.45, 7) is 2.26. The number of benzene rings is 6. The van der Waals surface area contributed by atoms with Crippen molar-refractivity contribution in [3.63, 3.8) is 0 Å². The SMILES string of the molecule is Cc1cccc2c1C(c1ccccc1)(c1ccccc1)c1cc(-c3cccc4ccccc34)ccc1-2. The van der Waals surface area contributed by atoms with Gasteiger partial charge in [-0.1, -0.05) is 133 Å². The summed E-state index contributed by atoms with van der Waals surface area (Å²) in [6, 6.07) is 51.3. The van der Waals surface area contributed by atoms with Gasteiger partial charge in [0.2, 0.25) is 0 Å². The van der Waals surface area contributed by atoms with E-state index in [0.717, 1.165) is 0 Å². The summed E-state index contributed by atoms with van der Waals surface area (Å²) in [7, 11) is 0. The molecule has 0 spiro atoms. The summed E-state index contributed by atoms with van der Waals surface area (Å²) in [4.78, 5) is 0. The molecule has 0 saturated heterocycles. The van der Waals surface area contributed by atoms with E-state index in [-0.39, 0.29) is 5.41 Å². The fourth-order valence-electron chi connectivity index (χ4n) is 6.40. The lowest BCUT2D eigenvalue weighted by molar-refractivity contribution is 0.762. The molecule has 1 aliphatic carbocycles. The predicted octanol–water partition coefficient (Wildman–Crippen LogP) is 9.18. The van der Waals surface area contributed by atoms with Gasteiger partial charge in [0.1, 0.15) is 0 Å². The summed E-state index contributed by atoms with van der Waals surface area (Å²) >= 11 is 0. The zero-order valence-electron chi connectivity index (χ0n) is 20.3. The monoisotopic (exact) mass is 458 g/mol. The van der Waals surface area contributed by atoms with E-state index in [4.69, 9.17) is 0 Å². The molecule has 0 radical (unpaired) electrons. The molecule has 0 bridgehead atoms. The third-order valence-corrected chi connectivity index (χ3v) is 7.88. The molecule has 6 aromatic rings. The topological polar surface area (TPSA) is 0 Å². The molecular formula is C36H26. The fraction of sp³-hybridized carbons (Fsp3) is 0.0556. The first-order valence-electron chi connectivity index (χ1n) is 12.6. The molecule has 0 aromatic heterocycles. The maximum Gasteiger partial charge on any atom is 0.0716 e. The van der Waals surface area contributed by atoms with Gasteiger partial charge in [-0.05, 0) is 73.8 Å². The molecule has 0 amide bonds. The summed E-state index contributed by atoms with van der Waals surface area (Å²) in [5.74, 6) is 0. The Labute approximate surface area is 212 Å². The maximum absolute atomic E-state index is 2.45. The van der Waals surface area contributed by atoms with E-state index in [9.17, 15) is 0 Å². The van der Waals surface area contributed by atoms with Crippen molar-refractivity contribution in [1.82, 2.24) is 0 Å². The average molecular weight is 459 g/mol. The molecule has 0 fully saturated rings. The lowest BCUT2D eigenvalue weighted by atomic mass is 9.66. The summed E-state index contributed by atoms with van der Waals surface area (Å²) in [5, 5.41) is 2.56. The Hall–Kier alpha value is -4.42. The highest BCUT2D eigenvalue weighted by atomic mass is 14.5. The second-order valence-corrected chi connectivity index (χ2v) is 9.77. The van der Waals surface area contributed by atoms with Crippen LogP contribution < -0.4 is 0 Å². The molecule has 0 N–H and O–H groups in total.